The van der Waals surface area contributed by atoms with Crippen molar-refractivity contribution in [1.82, 2.24) is 0 Å². The number of allylic oxidation sites excluding steroid dienone is 1. The van der Waals surface area contributed by atoms with Gasteiger partial charge in [0.2, 0.25) is 0 Å². The van der Waals surface area contributed by atoms with Crippen LogP contribution in [0.15, 0.2) is 11.6 Å². The molecule has 0 radical (unpaired) electrons. The Morgan fingerprint density at radius 3 is 2.67 bits per heavy atom. The molecule has 66 valence electrons. The van der Waals surface area contributed by atoms with Crippen molar-refractivity contribution in [2.24, 2.45) is 11.3 Å². The van der Waals surface area contributed by atoms with Crippen molar-refractivity contribution < 1.29 is 9.53 Å². The number of carbonyl (C=O) groups excluding carboxylic acids is 1. The summed E-state index contributed by atoms with van der Waals surface area (Å²) in [6, 6.07) is 0. The van der Waals surface area contributed by atoms with Crippen LogP contribution in [0.3, 0.4) is 0 Å². The Hall–Kier alpha value is -0.790. The molecule has 0 aromatic heterocycles. The monoisotopic (exact) mass is 166 g/mol. The van der Waals surface area contributed by atoms with Gasteiger partial charge in [-0.25, -0.2) is 4.79 Å². The van der Waals surface area contributed by atoms with Crippen molar-refractivity contribution in [2.75, 3.05) is 6.61 Å². The van der Waals surface area contributed by atoms with Gasteiger partial charge in [-0.2, -0.15) is 0 Å². The van der Waals surface area contributed by atoms with Crippen molar-refractivity contribution in [2.45, 2.75) is 26.7 Å². The Kier molecular flexibility index (Phi) is 1.53. The molecule has 1 aliphatic heterocycles. The van der Waals surface area contributed by atoms with Gasteiger partial charge in [-0.05, 0) is 17.8 Å². The van der Waals surface area contributed by atoms with E-state index in [-0.39, 0.29) is 5.97 Å². The molecule has 1 unspecified atom stereocenters. The number of carbonyl (C=O) groups is 1. The van der Waals surface area contributed by atoms with E-state index in [2.05, 4.69) is 19.9 Å². The second-order valence-electron chi connectivity index (χ2n) is 4.38. The number of hydrogen-bond acceptors (Lipinski definition) is 2. The van der Waals surface area contributed by atoms with Crippen LogP contribution in [0, 0.1) is 11.3 Å². The molecule has 1 heterocycles. The van der Waals surface area contributed by atoms with Gasteiger partial charge in [0.25, 0.3) is 0 Å². The summed E-state index contributed by atoms with van der Waals surface area (Å²) in [5, 5.41) is 0. The molecule has 0 aromatic carbocycles. The smallest absolute Gasteiger partial charge is 0.333 e. The summed E-state index contributed by atoms with van der Waals surface area (Å²) in [5.74, 6) is 0.510. The van der Waals surface area contributed by atoms with Crippen molar-refractivity contribution >= 4 is 5.97 Å². The quantitative estimate of drug-likeness (QED) is 0.439. The first-order valence-electron chi connectivity index (χ1n) is 4.47. The molecule has 0 amide bonds. The number of hydrogen-bond donors (Lipinski definition) is 0. The highest BCUT2D eigenvalue weighted by Gasteiger charge is 2.44. The molecule has 2 heteroatoms. The van der Waals surface area contributed by atoms with Crippen LogP contribution >= 0.6 is 0 Å². The van der Waals surface area contributed by atoms with Crippen LogP contribution in [0.4, 0.5) is 0 Å². The predicted octanol–water partition coefficient (Wildman–Crippen LogP) is 1.91. The normalized spacial score (nSPS) is 35.3. The summed E-state index contributed by atoms with van der Waals surface area (Å²) < 4.78 is 4.86. The van der Waals surface area contributed by atoms with Gasteiger partial charge >= 0.3 is 5.97 Å². The molecule has 1 saturated carbocycles. The lowest BCUT2D eigenvalue weighted by Crippen LogP contribution is -1.96. The van der Waals surface area contributed by atoms with Crippen molar-refractivity contribution in [3.8, 4) is 0 Å². The first-order chi connectivity index (χ1) is 5.59. The van der Waals surface area contributed by atoms with Gasteiger partial charge in [-0.1, -0.05) is 19.9 Å². The Balaban J connectivity index is 2.05. The summed E-state index contributed by atoms with van der Waals surface area (Å²) in [6.45, 7) is 5.04. The van der Waals surface area contributed by atoms with E-state index < -0.39 is 0 Å². The third-order valence-electron chi connectivity index (χ3n) is 2.86. The highest BCUT2D eigenvalue weighted by molar-refractivity contribution is 5.90. The first kappa shape index (κ1) is 7.84. The highest BCUT2D eigenvalue weighted by Crippen LogP contribution is 2.53. The van der Waals surface area contributed by atoms with E-state index in [0.717, 1.165) is 12.0 Å². The molecule has 1 saturated heterocycles. The molecular formula is C10H14O2. The maximum atomic E-state index is 11.1. The predicted molar refractivity (Wildman–Crippen MR) is 45.5 cm³/mol. The molecule has 1 atom stereocenters. The summed E-state index contributed by atoms with van der Waals surface area (Å²) in [5.41, 5.74) is 1.32. The lowest BCUT2D eigenvalue weighted by atomic mass is 10.1. The zero-order valence-corrected chi connectivity index (χ0v) is 7.59. The number of rotatable bonds is 1. The molecule has 1 aliphatic carbocycles. The number of ether oxygens (including phenoxy) is 1. The zero-order chi connectivity index (χ0) is 8.77. The minimum atomic E-state index is -0.0994. The van der Waals surface area contributed by atoms with Gasteiger partial charge in [-0.3, -0.25) is 0 Å². The second kappa shape index (κ2) is 2.35. The standard InChI is InChI=1S/C10H14O2/c1-10(2)6-8(10)5-7-3-4-12-9(7)11/h5,8H,3-4,6H2,1-2H3. The van der Waals surface area contributed by atoms with Gasteiger partial charge in [0.1, 0.15) is 0 Å². The lowest BCUT2D eigenvalue weighted by molar-refractivity contribution is -0.135. The van der Waals surface area contributed by atoms with Crippen LogP contribution in [0.2, 0.25) is 0 Å². The third kappa shape index (κ3) is 1.26. The van der Waals surface area contributed by atoms with E-state index in [9.17, 15) is 4.79 Å². The average molecular weight is 166 g/mol. The largest absolute Gasteiger partial charge is 0.462 e. The molecular weight excluding hydrogens is 152 g/mol. The van der Waals surface area contributed by atoms with E-state index in [1.807, 2.05) is 0 Å². The van der Waals surface area contributed by atoms with Gasteiger partial charge in [0, 0.05) is 12.0 Å². The second-order valence-corrected chi connectivity index (χ2v) is 4.38. The molecule has 0 aromatic rings. The molecule has 2 fully saturated rings. The molecule has 12 heavy (non-hydrogen) atoms. The fourth-order valence-corrected chi connectivity index (χ4v) is 1.64. The fourth-order valence-electron chi connectivity index (χ4n) is 1.64. The molecule has 2 rings (SSSR count). The lowest BCUT2D eigenvalue weighted by Gasteiger charge is -1.97. The van der Waals surface area contributed by atoms with Crippen LogP contribution in [-0.2, 0) is 9.53 Å². The maximum Gasteiger partial charge on any atom is 0.333 e. The summed E-state index contributed by atoms with van der Waals surface area (Å²) in [4.78, 5) is 11.1. The van der Waals surface area contributed by atoms with Gasteiger partial charge < -0.3 is 4.74 Å². The Morgan fingerprint density at radius 2 is 2.25 bits per heavy atom. The summed E-state index contributed by atoms with van der Waals surface area (Å²) in [7, 11) is 0. The van der Waals surface area contributed by atoms with Crippen LogP contribution < -0.4 is 0 Å². The summed E-state index contributed by atoms with van der Waals surface area (Å²) in [6.07, 6.45) is 4.13. The highest BCUT2D eigenvalue weighted by atomic mass is 16.5. The van der Waals surface area contributed by atoms with E-state index >= 15 is 0 Å². The topological polar surface area (TPSA) is 26.3 Å². The van der Waals surface area contributed by atoms with Gasteiger partial charge in [0.15, 0.2) is 0 Å². The molecule has 0 bridgehead atoms. The first-order valence-corrected chi connectivity index (χ1v) is 4.47. The van der Waals surface area contributed by atoms with Crippen LogP contribution in [0.25, 0.3) is 0 Å². The van der Waals surface area contributed by atoms with Crippen LogP contribution in [-0.4, -0.2) is 12.6 Å². The molecule has 2 aliphatic rings. The van der Waals surface area contributed by atoms with Gasteiger partial charge in [-0.15, -0.1) is 0 Å². The van der Waals surface area contributed by atoms with E-state index in [4.69, 9.17) is 4.74 Å². The van der Waals surface area contributed by atoms with Gasteiger partial charge in [0.05, 0.1) is 6.61 Å². The molecule has 2 nitrogen and oxygen atoms in total. The Labute approximate surface area is 72.6 Å². The minimum Gasteiger partial charge on any atom is -0.462 e. The molecule has 0 spiro atoms. The number of cyclic esters (lactones) is 1. The molecule has 0 N–H and O–H groups in total. The van der Waals surface area contributed by atoms with E-state index in [1.54, 1.807) is 0 Å². The maximum absolute atomic E-state index is 11.1. The fraction of sp³-hybridized carbons (Fsp3) is 0.700. The zero-order valence-electron chi connectivity index (χ0n) is 7.59. The summed E-state index contributed by atoms with van der Waals surface area (Å²) >= 11 is 0. The van der Waals surface area contributed by atoms with Crippen LogP contribution in [0.1, 0.15) is 26.7 Å². The Morgan fingerprint density at radius 1 is 1.58 bits per heavy atom. The van der Waals surface area contributed by atoms with Crippen molar-refractivity contribution in [3.63, 3.8) is 0 Å². The third-order valence-corrected chi connectivity index (χ3v) is 2.86. The van der Waals surface area contributed by atoms with Crippen LogP contribution in [0.5, 0.6) is 0 Å². The Bertz CT molecular complexity index is 251. The average Bonchev–Trinajstić information content (AvgIpc) is 2.39. The van der Waals surface area contributed by atoms with E-state index in [0.29, 0.717) is 17.9 Å². The SMILES string of the molecule is CC1(C)CC1C=C1CCOC1=O. The number of esters is 1. The van der Waals surface area contributed by atoms with E-state index in [1.165, 1.54) is 6.42 Å². The van der Waals surface area contributed by atoms with Crippen molar-refractivity contribution in [1.29, 1.82) is 0 Å². The minimum absolute atomic E-state index is 0.0994. The van der Waals surface area contributed by atoms with Crippen molar-refractivity contribution in [3.05, 3.63) is 11.6 Å².